The second kappa shape index (κ2) is 9.97. The topological polar surface area (TPSA) is 21.3 Å². The number of unbranched alkanes of at least 4 members (excludes halogenated alkanes) is 3. The van der Waals surface area contributed by atoms with Gasteiger partial charge in [0.2, 0.25) is 0 Å². The van der Waals surface area contributed by atoms with Gasteiger partial charge in [-0.25, -0.2) is 0 Å². The molecule has 0 spiro atoms. The van der Waals surface area contributed by atoms with Crippen molar-refractivity contribution in [3.05, 3.63) is 35.4 Å². The van der Waals surface area contributed by atoms with Gasteiger partial charge in [0.15, 0.2) is 0 Å². The third kappa shape index (κ3) is 6.62. The van der Waals surface area contributed by atoms with Gasteiger partial charge in [-0.2, -0.15) is 0 Å². The Balaban J connectivity index is 2.47. The highest BCUT2D eigenvalue weighted by Gasteiger charge is 2.20. The van der Waals surface area contributed by atoms with Gasteiger partial charge in [0.1, 0.15) is 0 Å². The van der Waals surface area contributed by atoms with Gasteiger partial charge in [-0.15, -0.1) is 0 Å². The molecule has 1 N–H and O–H groups in total. The lowest BCUT2D eigenvalue weighted by Crippen LogP contribution is -2.32. The maximum absolute atomic E-state index is 6.21. The Labute approximate surface area is 131 Å². The number of benzene rings is 1. The molecule has 0 saturated carbocycles. The number of hydrogen-bond acceptors (Lipinski definition) is 2. The Morgan fingerprint density at radius 3 is 2.29 bits per heavy atom. The van der Waals surface area contributed by atoms with E-state index < -0.39 is 0 Å². The van der Waals surface area contributed by atoms with Gasteiger partial charge >= 0.3 is 0 Å². The van der Waals surface area contributed by atoms with E-state index in [2.05, 4.69) is 57.3 Å². The summed E-state index contributed by atoms with van der Waals surface area (Å²) >= 11 is 0. The van der Waals surface area contributed by atoms with Gasteiger partial charge in [0.25, 0.3) is 0 Å². The Morgan fingerprint density at radius 2 is 1.71 bits per heavy atom. The first kappa shape index (κ1) is 18.2. The Hall–Kier alpha value is -0.860. The number of ether oxygens (including phenoxy) is 1. The molecule has 1 aromatic rings. The summed E-state index contributed by atoms with van der Waals surface area (Å²) in [5, 5.41) is 3.39. The minimum Gasteiger partial charge on any atom is -0.374 e. The third-order valence-corrected chi connectivity index (χ3v) is 4.13. The molecule has 0 aliphatic carbocycles. The van der Waals surface area contributed by atoms with Crippen molar-refractivity contribution in [1.82, 2.24) is 5.32 Å². The Bertz CT molecular complexity index is 374. The van der Waals surface area contributed by atoms with E-state index >= 15 is 0 Å². The molecule has 21 heavy (non-hydrogen) atoms. The van der Waals surface area contributed by atoms with E-state index in [4.69, 9.17) is 4.74 Å². The van der Waals surface area contributed by atoms with Crippen molar-refractivity contribution in [2.75, 3.05) is 7.05 Å². The summed E-state index contributed by atoms with van der Waals surface area (Å²) in [6.07, 6.45) is 6.90. The van der Waals surface area contributed by atoms with Crippen LogP contribution in [0.25, 0.3) is 0 Å². The highest BCUT2D eigenvalue weighted by molar-refractivity contribution is 5.24. The molecule has 1 aromatic carbocycles. The fraction of sp³-hybridized carbons (Fsp3) is 0.684. The van der Waals surface area contributed by atoms with Crippen LogP contribution >= 0.6 is 0 Å². The average molecular weight is 291 g/mol. The molecule has 3 unspecified atom stereocenters. The lowest BCUT2D eigenvalue weighted by atomic mass is 10.0. The molecule has 0 radical (unpaired) electrons. The zero-order chi connectivity index (χ0) is 15.7. The van der Waals surface area contributed by atoms with E-state index in [1.54, 1.807) is 0 Å². The quantitative estimate of drug-likeness (QED) is 0.611. The lowest BCUT2D eigenvalue weighted by Gasteiger charge is -2.27. The predicted octanol–water partition coefficient (Wildman–Crippen LogP) is 5.02. The van der Waals surface area contributed by atoms with Crippen molar-refractivity contribution in [2.24, 2.45) is 0 Å². The predicted molar refractivity (Wildman–Crippen MR) is 91.7 cm³/mol. The smallest absolute Gasteiger partial charge is 0.0745 e. The van der Waals surface area contributed by atoms with Crippen LogP contribution in [0.4, 0.5) is 0 Å². The monoisotopic (exact) mass is 291 g/mol. The maximum atomic E-state index is 6.21. The second-order valence-electron chi connectivity index (χ2n) is 6.18. The maximum Gasteiger partial charge on any atom is 0.0745 e. The van der Waals surface area contributed by atoms with E-state index in [0.29, 0.717) is 6.10 Å². The molecule has 0 fully saturated rings. The first-order valence-corrected chi connectivity index (χ1v) is 8.47. The highest BCUT2D eigenvalue weighted by atomic mass is 16.5. The van der Waals surface area contributed by atoms with Gasteiger partial charge < -0.3 is 10.1 Å². The molecule has 0 amide bonds. The molecule has 0 aliphatic heterocycles. The summed E-state index contributed by atoms with van der Waals surface area (Å²) < 4.78 is 6.21. The van der Waals surface area contributed by atoms with Crippen LogP contribution in [0.15, 0.2) is 24.3 Å². The molecule has 2 nitrogen and oxygen atoms in total. The summed E-state index contributed by atoms with van der Waals surface area (Å²) in [5.41, 5.74) is 2.60. The van der Waals surface area contributed by atoms with Crippen LogP contribution in [0.5, 0.6) is 0 Å². The van der Waals surface area contributed by atoms with E-state index in [9.17, 15) is 0 Å². The van der Waals surface area contributed by atoms with Crippen LogP contribution in [0.1, 0.15) is 70.0 Å². The number of hydrogen-bond donors (Lipinski definition) is 1. The van der Waals surface area contributed by atoms with Crippen molar-refractivity contribution in [3.63, 3.8) is 0 Å². The van der Waals surface area contributed by atoms with Crippen LogP contribution in [0.3, 0.4) is 0 Å². The molecule has 1 rings (SSSR count). The standard InChI is InChI=1S/C19H33NO/c1-6-7-8-9-10-16(3)21-17(4)19(20-5)18-13-11-15(2)12-14-18/h11-14,16-17,19-20H,6-10H2,1-5H3. The van der Waals surface area contributed by atoms with Gasteiger partial charge in [-0.1, -0.05) is 62.4 Å². The number of rotatable bonds is 10. The molecule has 0 saturated heterocycles. The Morgan fingerprint density at radius 1 is 1.05 bits per heavy atom. The van der Waals surface area contributed by atoms with E-state index in [1.807, 2.05) is 7.05 Å². The first-order chi connectivity index (χ1) is 10.1. The van der Waals surface area contributed by atoms with E-state index in [1.165, 1.54) is 36.8 Å². The SMILES string of the molecule is CCCCCCC(C)OC(C)C(NC)c1ccc(C)cc1. The zero-order valence-corrected chi connectivity index (χ0v) is 14.5. The minimum absolute atomic E-state index is 0.180. The van der Waals surface area contributed by atoms with Crippen LogP contribution in [-0.2, 0) is 4.74 Å². The van der Waals surface area contributed by atoms with Crippen molar-refractivity contribution >= 4 is 0 Å². The highest BCUT2D eigenvalue weighted by Crippen LogP contribution is 2.21. The van der Waals surface area contributed by atoms with Crippen molar-refractivity contribution in [3.8, 4) is 0 Å². The van der Waals surface area contributed by atoms with Crippen molar-refractivity contribution in [1.29, 1.82) is 0 Å². The summed E-state index contributed by atoms with van der Waals surface area (Å²) in [6, 6.07) is 8.98. The van der Waals surface area contributed by atoms with Crippen LogP contribution in [0, 0.1) is 6.92 Å². The fourth-order valence-electron chi connectivity index (χ4n) is 2.82. The molecule has 0 aromatic heterocycles. The third-order valence-electron chi connectivity index (χ3n) is 4.13. The van der Waals surface area contributed by atoms with Gasteiger partial charge in [-0.3, -0.25) is 0 Å². The summed E-state index contributed by atoms with van der Waals surface area (Å²) in [5.74, 6) is 0. The van der Waals surface area contributed by atoms with E-state index in [0.717, 1.165) is 6.42 Å². The molecule has 0 heterocycles. The van der Waals surface area contributed by atoms with Gasteiger partial charge in [-0.05, 0) is 39.8 Å². The second-order valence-corrected chi connectivity index (χ2v) is 6.18. The van der Waals surface area contributed by atoms with E-state index in [-0.39, 0.29) is 12.1 Å². The molecule has 120 valence electrons. The molecule has 0 aliphatic rings. The van der Waals surface area contributed by atoms with Crippen LogP contribution in [0.2, 0.25) is 0 Å². The fourth-order valence-corrected chi connectivity index (χ4v) is 2.82. The number of aryl methyl sites for hydroxylation is 1. The summed E-state index contributed by atoms with van der Waals surface area (Å²) in [6.45, 7) is 8.74. The Kier molecular flexibility index (Phi) is 8.63. The van der Waals surface area contributed by atoms with Gasteiger partial charge in [0.05, 0.1) is 18.2 Å². The summed E-state index contributed by atoms with van der Waals surface area (Å²) in [7, 11) is 2.01. The number of likely N-dealkylation sites (N-methyl/N-ethyl adjacent to an activating group) is 1. The number of nitrogens with one attached hydrogen (secondary N) is 1. The van der Waals surface area contributed by atoms with Crippen molar-refractivity contribution in [2.45, 2.75) is 78.0 Å². The zero-order valence-electron chi connectivity index (χ0n) is 14.5. The van der Waals surface area contributed by atoms with Crippen LogP contribution < -0.4 is 5.32 Å². The normalized spacial score (nSPS) is 15.7. The average Bonchev–Trinajstić information content (AvgIpc) is 2.46. The van der Waals surface area contributed by atoms with Crippen LogP contribution in [-0.4, -0.2) is 19.3 Å². The largest absolute Gasteiger partial charge is 0.374 e. The molecular weight excluding hydrogens is 258 g/mol. The van der Waals surface area contributed by atoms with Gasteiger partial charge in [0, 0.05) is 0 Å². The first-order valence-electron chi connectivity index (χ1n) is 8.47. The molecule has 0 bridgehead atoms. The molecule has 2 heteroatoms. The minimum atomic E-state index is 0.180. The molecular formula is C19H33NO. The van der Waals surface area contributed by atoms with Crippen molar-refractivity contribution < 1.29 is 4.74 Å². The molecule has 3 atom stereocenters. The summed E-state index contributed by atoms with van der Waals surface area (Å²) in [4.78, 5) is 0. The lowest BCUT2D eigenvalue weighted by molar-refractivity contribution is -0.0160.